The highest BCUT2D eigenvalue weighted by Gasteiger charge is 2.19. The highest BCUT2D eigenvalue weighted by molar-refractivity contribution is 7.13. The molecule has 0 spiro atoms. The van der Waals surface area contributed by atoms with Gasteiger partial charge in [-0.3, -0.25) is 4.79 Å². The molecule has 0 atom stereocenters. The van der Waals surface area contributed by atoms with Crippen LogP contribution in [0, 0.1) is 0 Å². The number of oxazole rings is 1. The summed E-state index contributed by atoms with van der Waals surface area (Å²) < 4.78 is 15.9. The van der Waals surface area contributed by atoms with E-state index >= 15 is 0 Å². The number of carbonyl (C=O) groups excluding carboxylic acids is 1. The number of fused-ring (bicyclic) bond motifs is 1. The molecule has 23 heavy (non-hydrogen) atoms. The number of thiophene rings is 1. The number of carbonyl (C=O) groups is 1. The first kappa shape index (κ1) is 13.8. The largest absolute Gasteiger partial charge is 0.454 e. The van der Waals surface area contributed by atoms with E-state index in [1.54, 1.807) is 0 Å². The fraction of sp³-hybridized carbons (Fsp3) is 0.125. The smallest absolute Gasteiger partial charge is 0.274 e. The Labute approximate surface area is 135 Å². The summed E-state index contributed by atoms with van der Waals surface area (Å²) >= 11 is 1.50. The Kier molecular flexibility index (Phi) is 3.47. The minimum absolute atomic E-state index is 0.230. The molecule has 4 rings (SSSR count). The van der Waals surface area contributed by atoms with Gasteiger partial charge in [-0.2, -0.15) is 0 Å². The van der Waals surface area contributed by atoms with Crippen molar-refractivity contribution in [2.75, 3.05) is 6.79 Å². The molecule has 0 unspecified atom stereocenters. The minimum Gasteiger partial charge on any atom is -0.454 e. The van der Waals surface area contributed by atoms with Crippen molar-refractivity contribution in [1.29, 1.82) is 0 Å². The lowest BCUT2D eigenvalue weighted by Crippen LogP contribution is -2.23. The number of nitrogens with zero attached hydrogens (tertiary/aromatic N) is 1. The van der Waals surface area contributed by atoms with E-state index in [2.05, 4.69) is 10.3 Å². The third-order valence-electron chi connectivity index (χ3n) is 3.42. The van der Waals surface area contributed by atoms with Gasteiger partial charge in [-0.25, -0.2) is 4.98 Å². The number of benzene rings is 1. The Morgan fingerprint density at radius 3 is 3.04 bits per heavy atom. The number of amides is 1. The predicted molar refractivity (Wildman–Crippen MR) is 83.6 cm³/mol. The fourth-order valence-corrected chi connectivity index (χ4v) is 3.02. The number of rotatable bonds is 4. The fourth-order valence-electron chi connectivity index (χ4n) is 2.31. The molecule has 3 heterocycles. The van der Waals surface area contributed by atoms with Gasteiger partial charge in [-0.05, 0) is 29.1 Å². The Bertz CT molecular complexity index is 842. The van der Waals surface area contributed by atoms with Gasteiger partial charge in [-0.15, -0.1) is 11.3 Å². The van der Waals surface area contributed by atoms with Crippen LogP contribution in [0.3, 0.4) is 0 Å². The molecular weight excluding hydrogens is 316 g/mol. The first-order chi connectivity index (χ1) is 11.3. The van der Waals surface area contributed by atoms with Gasteiger partial charge in [0.05, 0.1) is 4.88 Å². The van der Waals surface area contributed by atoms with Crippen LogP contribution in [0.25, 0.3) is 10.6 Å². The summed E-state index contributed by atoms with van der Waals surface area (Å²) in [4.78, 5) is 17.2. The van der Waals surface area contributed by atoms with Crippen molar-refractivity contribution in [2.24, 2.45) is 0 Å². The van der Waals surface area contributed by atoms with E-state index in [9.17, 15) is 4.79 Å². The van der Waals surface area contributed by atoms with E-state index in [0.29, 0.717) is 18.1 Å². The van der Waals surface area contributed by atoms with Crippen molar-refractivity contribution in [2.45, 2.75) is 6.54 Å². The summed E-state index contributed by atoms with van der Waals surface area (Å²) in [7, 11) is 0. The Hall–Kier alpha value is -2.80. The zero-order valence-electron chi connectivity index (χ0n) is 11.9. The van der Waals surface area contributed by atoms with Crippen molar-refractivity contribution in [3.05, 3.63) is 53.4 Å². The first-order valence-electron chi connectivity index (χ1n) is 6.95. The molecule has 0 saturated heterocycles. The highest BCUT2D eigenvalue weighted by Crippen LogP contribution is 2.32. The Morgan fingerprint density at radius 2 is 2.17 bits per heavy atom. The summed E-state index contributed by atoms with van der Waals surface area (Å²) in [6.07, 6.45) is 1.28. The average molecular weight is 328 g/mol. The number of nitrogens with one attached hydrogen (secondary N) is 1. The molecule has 1 aromatic carbocycles. The monoisotopic (exact) mass is 328 g/mol. The van der Waals surface area contributed by atoms with Crippen LogP contribution in [0.4, 0.5) is 0 Å². The summed E-state index contributed by atoms with van der Waals surface area (Å²) in [6, 6.07) is 9.36. The van der Waals surface area contributed by atoms with Gasteiger partial charge >= 0.3 is 0 Å². The maximum atomic E-state index is 12.3. The topological polar surface area (TPSA) is 73.6 Å². The number of hydrogen-bond donors (Lipinski definition) is 1. The van der Waals surface area contributed by atoms with Crippen LogP contribution < -0.4 is 14.8 Å². The lowest BCUT2D eigenvalue weighted by molar-refractivity contribution is 0.0946. The van der Waals surface area contributed by atoms with Gasteiger partial charge in [0, 0.05) is 6.54 Å². The van der Waals surface area contributed by atoms with Crippen LogP contribution in [0.15, 0.2) is 46.5 Å². The molecule has 0 bridgehead atoms. The Morgan fingerprint density at radius 1 is 1.26 bits per heavy atom. The molecule has 1 N–H and O–H groups in total. The zero-order valence-corrected chi connectivity index (χ0v) is 12.8. The zero-order chi connectivity index (χ0) is 15.6. The van der Waals surface area contributed by atoms with E-state index in [0.717, 1.165) is 16.2 Å². The normalized spacial score (nSPS) is 12.3. The van der Waals surface area contributed by atoms with Crippen LogP contribution in [0.5, 0.6) is 11.5 Å². The van der Waals surface area contributed by atoms with E-state index in [1.807, 2.05) is 35.7 Å². The van der Waals surface area contributed by atoms with Gasteiger partial charge < -0.3 is 19.2 Å². The van der Waals surface area contributed by atoms with Crippen molar-refractivity contribution in [3.8, 4) is 22.1 Å². The molecule has 116 valence electrons. The maximum Gasteiger partial charge on any atom is 0.274 e. The van der Waals surface area contributed by atoms with Crippen LogP contribution in [0.1, 0.15) is 16.1 Å². The molecule has 6 nitrogen and oxygen atoms in total. The molecule has 1 amide bonds. The highest BCUT2D eigenvalue weighted by atomic mass is 32.1. The van der Waals surface area contributed by atoms with Gasteiger partial charge in [0.1, 0.15) is 0 Å². The molecule has 0 fully saturated rings. The SMILES string of the molecule is O=C(NCc1ccc2c(c1)OCO2)c1ncoc1-c1cccs1. The molecule has 2 aromatic heterocycles. The van der Waals surface area contributed by atoms with Crippen molar-refractivity contribution in [1.82, 2.24) is 10.3 Å². The van der Waals surface area contributed by atoms with Crippen molar-refractivity contribution >= 4 is 17.2 Å². The van der Waals surface area contributed by atoms with Crippen LogP contribution in [0.2, 0.25) is 0 Å². The van der Waals surface area contributed by atoms with Gasteiger partial charge in [0.25, 0.3) is 5.91 Å². The molecule has 3 aromatic rings. The molecule has 1 aliphatic rings. The van der Waals surface area contributed by atoms with Gasteiger partial charge in [-0.1, -0.05) is 12.1 Å². The van der Waals surface area contributed by atoms with Gasteiger partial charge in [0.15, 0.2) is 29.3 Å². The second-order valence-corrected chi connectivity index (χ2v) is 5.83. The van der Waals surface area contributed by atoms with E-state index in [-0.39, 0.29) is 18.4 Å². The predicted octanol–water partition coefficient (Wildman–Crippen LogP) is 3.06. The molecule has 0 radical (unpaired) electrons. The summed E-state index contributed by atoms with van der Waals surface area (Å²) in [6.45, 7) is 0.598. The molecule has 0 aliphatic carbocycles. The average Bonchev–Trinajstić information content (AvgIpc) is 3.32. The summed E-state index contributed by atoms with van der Waals surface area (Å²) in [5.41, 5.74) is 1.21. The summed E-state index contributed by atoms with van der Waals surface area (Å²) in [5, 5.41) is 4.76. The van der Waals surface area contributed by atoms with E-state index in [4.69, 9.17) is 13.9 Å². The first-order valence-corrected chi connectivity index (χ1v) is 7.83. The molecule has 7 heteroatoms. The second kappa shape index (κ2) is 5.77. The van der Waals surface area contributed by atoms with Crippen molar-refractivity contribution in [3.63, 3.8) is 0 Å². The second-order valence-electron chi connectivity index (χ2n) is 4.88. The summed E-state index contributed by atoms with van der Waals surface area (Å²) in [5.74, 6) is 1.62. The molecule has 1 aliphatic heterocycles. The Balaban J connectivity index is 1.48. The van der Waals surface area contributed by atoms with E-state index < -0.39 is 0 Å². The van der Waals surface area contributed by atoms with Crippen LogP contribution >= 0.6 is 11.3 Å². The lowest BCUT2D eigenvalue weighted by atomic mass is 10.2. The van der Waals surface area contributed by atoms with E-state index in [1.165, 1.54) is 17.7 Å². The third-order valence-corrected chi connectivity index (χ3v) is 4.29. The third kappa shape index (κ3) is 2.66. The van der Waals surface area contributed by atoms with Gasteiger partial charge in [0.2, 0.25) is 6.79 Å². The lowest BCUT2D eigenvalue weighted by Gasteiger charge is -2.05. The van der Waals surface area contributed by atoms with Crippen LogP contribution in [-0.2, 0) is 6.54 Å². The molecule has 0 saturated carbocycles. The maximum absolute atomic E-state index is 12.3. The van der Waals surface area contributed by atoms with Crippen LogP contribution in [-0.4, -0.2) is 17.7 Å². The van der Waals surface area contributed by atoms with Crippen molar-refractivity contribution < 1.29 is 18.7 Å². The standard InChI is InChI=1S/C16H12N2O4S/c19-16(14-15(20-8-18-14)13-2-1-5-23-13)17-7-10-3-4-11-12(6-10)22-9-21-11/h1-6,8H,7,9H2,(H,17,19). The number of aromatic nitrogens is 1. The number of ether oxygens (including phenoxy) is 2. The minimum atomic E-state index is -0.278. The molecular formula is C16H12N2O4S. The quantitative estimate of drug-likeness (QED) is 0.797. The number of hydrogen-bond acceptors (Lipinski definition) is 6.